The average molecular weight is 345 g/mol. The first kappa shape index (κ1) is 17.3. The molecule has 7 heteroatoms. The van der Waals surface area contributed by atoms with Crippen LogP contribution in [0.2, 0.25) is 0 Å². The number of piperidine rings is 1. The van der Waals surface area contributed by atoms with Crippen molar-refractivity contribution < 1.29 is 18.7 Å². The molecule has 0 unspecified atom stereocenters. The molecule has 2 amide bonds. The van der Waals surface area contributed by atoms with Gasteiger partial charge in [-0.05, 0) is 37.5 Å². The molecule has 1 fully saturated rings. The summed E-state index contributed by atoms with van der Waals surface area (Å²) >= 11 is 0. The van der Waals surface area contributed by atoms with Crippen molar-refractivity contribution in [1.29, 1.82) is 0 Å². The maximum absolute atomic E-state index is 12.3. The molecular formula is C18H23N3O4. The van der Waals surface area contributed by atoms with Crippen LogP contribution in [-0.2, 0) is 16.0 Å². The third-order valence-electron chi connectivity index (χ3n) is 4.31. The first-order chi connectivity index (χ1) is 12.0. The number of aromatic nitrogens is 1. The molecule has 1 aliphatic rings. The number of fused-ring (bicyclic) bond motifs is 1. The van der Waals surface area contributed by atoms with Gasteiger partial charge in [-0.3, -0.25) is 4.79 Å². The number of rotatable bonds is 4. The van der Waals surface area contributed by atoms with Gasteiger partial charge in [0.1, 0.15) is 5.52 Å². The van der Waals surface area contributed by atoms with Crippen LogP contribution in [0.5, 0.6) is 0 Å². The maximum atomic E-state index is 12.3. The first-order valence-electron chi connectivity index (χ1n) is 8.62. The Labute approximate surface area is 146 Å². The number of amides is 2. The van der Waals surface area contributed by atoms with Crippen molar-refractivity contribution in [2.45, 2.75) is 39.2 Å². The van der Waals surface area contributed by atoms with Crippen LogP contribution < -0.4 is 5.32 Å². The molecule has 2 aromatic rings. The summed E-state index contributed by atoms with van der Waals surface area (Å²) in [6, 6.07) is 5.71. The zero-order valence-electron chi connectivity index (χ0n) is 14.6. The Bertz CT molecular complexity index is 763. The van der Waals surface area contributed by atoms with Gasteiger partial charge in [-0.2, -0.15) is 0 Å². The van der Waals surface area contributed by atoms with E-state index in [4.69, 9.17) is 9.15 Å². The predicted molar refractivity (Wildman–Crippen MR) is 92.2 cm³/mol. The van der Waals surface area contributed by atoms with E-state index in [2.05, 4.69) is 10.3 Å². The first-order valence-corrected chi connectivity index (χ1v) is 8.62. The van der Waals surface area contributed by atoms with Crippen LogP contribution in [0.25, 0.3) is 11.1 Å². The molecule has 0 spiro atoms. The van der Waals surface area contributed by atoms with Gasteiger partial charge in [0.15, 0.2) is 11.5 Å². The number of carbonyl (C=O) groups excluding carboxylic acids is 2. The summed E-state index contributed by atoms with van der Waals surface area (Å²) in [5.41, 5.74) is 2.39. The number of carbonyl (C=O) groups is 2. The zero-order chi connectivity index (χ0) is 17.8. The number of nitrogens with one attached hydrogen (secondary N) is 1. The number of aryl methyl sites for hydroxylation is 1. The van der Waals surface area contributed by atoms with Crippen molar-refractivity contribution in [3.8, 4) is 0 Å². The number of oxazole rings is 1. The average Bonchev–Trinajstić information content (AvgIpc) is 2.95. The molecule has 1 aromatic carbocycles. The van der Waals surface area contributed by atoms with Crippen LogP contribution >= 0.6 is 0 Å². The highest BCUT2D eigenvalue weighted by molar-refractivity contribution is 5.81. The van der Waals surface area contributed by atoms with Crippen molar-refractivity contribution in [3.05, 3.63) is 29.7 Å². The molecule has 25 heavy (non-hydrogen) atoms. The van der Waals surface area contributed by atoms with Gasteiger partial charge in [0.2, 0.25) is 5.91 Å². The monoisotopic (exact) mass is 345 g/mol. The molecule has 1 aromatic heterocycles. The SMILES string of the molecule is CCOC(=O)N1CCC(NC(=O)Cc2ccc3nc(C)oc3c2)CC1. The summed E-state index contributed by atoms with van der Waals surface area (Å²) in [6.45, 7) is 5.18. The van der Waals surface area contributed by atoms with Gasteiger partial charge < -0.3 is 19.4 Å². The summed E-state index contributed by atoms with van der Waals surface area (Å²) in [5.74, 6) is 0.593. The molecule has 0 atom stereocenters. The summed E-state index contributed by atoms with van der Waals surface area (Å²) in [7, 11) is 0. The van der Waals surface area contributed by atoms with Crippen LogP contribution in [0.4, 0.5) is 4.79 Å². The van der Waals surface area contributed by atoms with E-state index in [0.29, 0.717) is 37.6 Å². The van der Waals surface area contributed by atoms with Gasteiger partial charge in [-0.25, -0.2) is 9.78 Å². The number of likely N-dealkylation sites (tertiary alicyclic amines) is 1. The Balaban J connectivity index is 1.50. The molecule has 0 bridgehead atoms. The second-order valence-corrected chi connectivity index (χ2v) is 6.24. The fourth-order valence-corrected chi connectivity index (χ4v) is 3.08. The van der Waals surface area contributed by atoms with E-state index in [9.17, 15) is 9.59 Å². The maximum Gasteiger partial charge on any atom is 0.409 e. The van der Waals surface area contributed by atoms with E-state index in [0.717, 1.165) is 23.9 Å². The number of nitrogens with zero attached hydrogens (tertiary/aromatic N) is 2. The highest BCUT2D eigenvalue weighted by atomic mass is 16.6. The molecule has 1 aliphatic heterocycles. The summed E-state index contributed by atoms with van der Waals surface area (Å²) in [4.78, 5) is 29.9. The molecule has 134 valence electrons. The predicted octanol–water partition coefficient (Wildman–Crippen LogP) is 2.42. The summed E-state index contributed by atoms with van der Waals surface area (Å²) in [5, 5.41) is 3.05. The second-order valence-electron chi connectivity index (χ2n) is 6.24. The van der Waals surface area contributed by atoms with Crippen molar-refractivity contribution in [3.63, 3.8) is 0 Å². The van der Waals surface area contributed by atoms with Crippen molar-refractivity contribution in [2.24, 2.45) is 0 Å². The van der Waals surface area contributed by atoms with Crippen LogP contribution in [-0.4, -0.2) is 47.6 Å². The van der Waals surface area contributed by atoms with E-state index >= 15 is 0 Å². The summed E-state index contributed by atoms with van der Waals surface area (Å²) < 4.78 is 10.5. The molecule has 3 rings (SSSR count). The standard InChI is InChI=1S/C18H23N3O4/c1-3-24-18(23)21-8-6-14(7-9-21)20-17(22)11-13-4-5-15-16(10-13)25-12(2)19-15/h4-5,10,14H,3,6-9,11H2,1-2H3,(H,20,22). The number of ether oxygens (including phenoxy) is 1. The number of hydrogen-bond acceptors (Lipinski definition) is 5. The third-order valence-corrected chi connectivity index (χ3v) is 4.31. The van der Waals surface area contributed by atoms with Crippen LogP contribution in [0.1, 0.15) is 31.2 Å². The summed E-state index contributed by atoms with van der Waals surface area (Å²) in [6.07, 6.45) is 1.51. The lowest BCUT2D eigenvalue weighted by Gasteiger charge is -2.31. The molecule has 0 saturated carbocycles. The van der Waals surface area contributed by atoms with Gasteiger partial charge >= 0.3 is 6.09 Å². The molecule has 0 radical (unpaired) electrons. The number of benzene rings is 1. The molecule has 7 nitrogen and oxygen atoms in total. The highest BCUT2D eigenvalue weighted by Crippen LogP contribution is 2.17. The van der Waals surface area contributed by atoms with Crippen molar-refractivity contribution in [1.82, 2.24) is 15.2 Å². The zero-order valence-corrected chi connectivity index (χ0v) is 14.6. The van der Waals surface area contributed by atoms with Crippen LogP contribution in [0.3, 0.4) is 0 Å². The third kappa shape index (κ3) is 4.29. The van der Waals surface area contributed by atoms with E-state index in [1.807, 2.05) is 18.2 Å². The molecular weight excluding hydrogens is 322 g/mol. The normalized spacial score (nSPS) is 15.4. The minimum atomic E-state index is -0.275. The lowest BCUT2D eigenvalue weighted by atomic mass is 10.0. The van der Waals surface area contributed by atoms with Gasteiger partial charge in [0.25, 0.3) is 0 Å². The largest absolute Gasteiger partial charge is 0.450 e. The van der Waals surface area contributed by atoms with Gasteiger partial charge in [0, 0.05) is 26.1 Å². The van der Waals surface area contributed by atoms with E-state index in [1.165, 1.54) is 0 Å². The van der Waals surface area contributed by atoms with Crippen molar-refractivity contribution >= 4 is 23.1 Å². The Hall–Kier alpha value is -2.57. The Kier molecular flexibility index (Phi) is 5.21. The van der Waals surface area contributed by atoms with Crippen molar-refractivity contribution in [2.75, 3.05) is 19.7 Å². The van der Waals surface area contributed by atoms with Crippen LogP contribution in [0.15, 0.2) is 22.6 Å². The van der Waals surface area contributed by atoms with Crippen LogP contribution in [0, 0.1) is 6.92 Å². The van der Waals surface area contributed by atoms with Gasteiger partial charge in [-0.1, -0.05) is 6.07 Å². The van der Waals surface area contributed by atoms with Gasteiger partial charge in [0.05, 0.1) is 13.0 Å². The molecule has 2 heterocycles. The smallest absolute Gasteiger partial charge is 0.409 e. The quantitative estimate of drug-likeness (QED) is 0.920. The Morgan fingerprint density at radius 2 is 2.12 bits per heavy atom. The second kappa shape index (κ2) is 7.55. The van der Waals surface area contributed by atoms with E-state index < -0.39 is 0 Å². The number of hydrogen-bond donors (Lipinski definition) is 1. The lowest BCUT2D eigenvalue weighted by Crippen LogP contribution is -2.47. The highest BCUT2D eigenvalue weighted by Gasteiger charge is 2.24. The lowest BCUT2D eigenvalue weighted by molar-refractivity contribution is -0.121. The molecule has 0 aliphatic carbocycles. The van der Waals surface area contributed by atoms with E-state index in [1.54, 1.807) is 18.7 Å². The fraction of sp³-hybridized carbons (Fsp3) is 0.500. The van der Waals surface area contributed by atoms with Gasteiger partial charge in [-0.15, -0.1) is 0 Å². The van der Waals surface area contributed by atoms with E-state index in [-0.39, 0.29) is 18.0 Å². The minimum absolute atomic E-state index is 0.0230. The minimum Gasteiger partial charge on any atom is -0.450 e. The topological polar surface area (TPSA) is 84.7 Å². The molecule has 1 saturated heterocycles. The fourth-order valence-electron chi connectivity index (χ4n) is 3.08. The molecule has 1 N–H and O–H groups in total. The Morgan fingerprint density at radius 3 is 2.84 bits per heavy atom. The Morgan fingerprint density at radius 1 is 1.36 bits per heavy atom.